The molecule has 0 bridgehead atoms. The Bertz CT molecular complexity index is 756. The van der Waals surface area contributed by atoms with E-state index in [0.717, 1.165) is 12.8 Å². The molecule has 2 N–H and O–H groups in total. The maximum absolute atomic E-state index is 12.6. The molecule has 0 saturated heterocycles. The van der Waals surface area contributed by atoms with Crippen LogP contribution in [-0.2, 0) is 23.9 Å². The van der Waals surface area contributed by atoms with E-state index >= 15 is 0 Å². The van der Waals surface area contributed by atoms with E-state index in [1.807, 2.05) is 13.8 Å². The zero-order valence-electron chi connectivity index (χ0n) is 20.5. The molecule has 0 radical (unpaired) electrons. The fourth-order valence-corrected chi connectivity index (χ4v) is 5.08. The monoisotopic (exact) mass is 464 g/mol. The van der Waals surface area contributed by atoms with Crippen molar-refractivity contribution in [1.29, 1.82) is 0 Å². The summed E-state index contributed by atoms with van der Waals surface area (Å²) in [7, 11) is 0. The van der Waals surface area contributed by atoms with Crippen molar-refractivity contribution in [2.24, 2.45) is 29.6 Å². The van der Waals surface area contributed by atoms with Gasteiger partial charge in [0.15, 0.2) is 0 Å². The van der Waals surface area contributed by atoms with Crippen molar-refractivity contribution in [3.05, 3.63) is 23.8 Å². The van der Waals surface area contributed by atoms with Gasteiger partial charge in [-0.3, -0.25) is 14.4 Å². The minimum Gasteiger partial charge on any atom is -0.481 e. The number of hydrogen-bond donors (Lipinski definition) is 2. The van der Waals surface area contributed by atoms with Crippen molar-refractivity contribution in [2.75, 3.05) is 0 Å². The van der Waals surface area contributed by atoms with Crippen molar-refractivity contribution in [3.63, 3.8) is 0 Å². The summed E-state index contributed by atoms with van der Waals surface area (Å²) < 4.78 is 11.4. The minimum atomic E-state index is -1.09. The van der Waals surface area contributed by atoms with E-state index in [2.05, 4.69) is 32.1 Å². The number of aliphatic hydroxyl groups excluding tert-OH is 1. The first-order valence-electron chi connectivity index (χ1n) is 12.2. The van der Waals surface area contributed by atoms with Gasteiger partial charge < -0.3 is 19.7 Å². The first-order chi connectivity index (χ1) is 15.5. The standard InChI is InChI=1S/C26H40O7/c1-6-16(3)26(31)33-23-12-15(2)11-19-8-7-17(4)22(25(19)23)10-9-21(32-18(5)27)13-20(28)14-24(29)30/h7-8,11,15-17,20-23,25,28H,6,9-10,12-14H2,1-5H3,(H,29,30)/t15-,16+,17-,20+,21+,22-,23+,25-/m1/s1. The number of esters is 2. The van der Waals surface area contributed by atoms with Gasteiger partial charge in [0.25, 0.3) is 0 Å². The predicted octanol–water partition coefficient (Wildman–Crippen LogP) is 4.29. The topological polar surface area (TPSA) is 110 Å². The van der Waals surface area contributed by atoms with Crippen LogP contribution in [0.4, 0.5) is 0 Å². The molecule has 0 aromatic rings. The largest absolute Gasteiger partial charge is 0.481 e. The summed E-state index contributed by atoms with van der Waals surface area (Å²) >= 11 is 0. The van der Waals surface area contributed by atoms with E-state index in [1.165, 1.54) is 12.5 Å². The lowest BCUT2D eigenvalue weighted by molar-refractivity contribution is -0.159. The van der Waals surface area contributed by atoms with Crippen LogP contribution in [0.3, 0.4) is 0 Å². The van der Waals surface area contributed by atoms with E-state index < -0.39 is 24.1 Å². The molecule has 0 spiro atoms. The van der Waals surface area contributed by atoms with Gasteiger partial charge in [-0.25, -0.2) is 0 Å². The Hall–Kier alpha value is -2.15. The van der Waals surface area contributed by atoms with Crippen molar-refractivity contribution in [2.45, 2.75) is 91.5 Å². The van der Waals surface area contributed by atoms with Crippen LogP contribution < -0.4 is 0 Å². The molecule has 7 nitrogen and oxygen atoms in total. The van der Waals surface area contributed by atoms with Crippen molar-refractivity contribution < 1.29 is 34.1 Å². The lowest BCUT2D eigenvalue weighted by Gasteiger charge is -2.43. The number of aliphatic hydroxyl groups is 1. The number of ether oxygens (including phenoxy) is 2. The summed E-state index contributed by atoms with van der Waals surface area (Å²) in [4.78, 5) is 35.1. The summed E-state index contributed by atoms with van der Waals surface area (Å²) in [6.07, 6.45) is 7.15. The molecule has 0 fully saturated rings. The molecular weight excluding hydrogens is 424 g/mol. The molecule has 0 aromatic heterocycles. The fraction of sp³-hybridized carbons (Fsp3) is 0.731. The van der Waals surface area contributed by atoms with E-state index in [1.54, 1.807) is 0 Å². The highest BCUT2D eigenvalue weighted by Gasteiger charge is 2.42. The van der Waals surface area contributed by atoms with Gasteiger partial charge in [0, 0.05) is 19.3 Å². The Balaban J connectivity index is 2.18. The van der Waals surface area contributed by atoms with Gasteiger partial charge in [0.05, 0.1) is 18.4 Å². The van der Waals surface area contributed by atoms with Crippen LogP contribution in [-0.4, -0.2) is 46.4 Å². The number of fused-ring (bicyclic) bond motifs is 1. The molecule has 0 saturated carbocycles. The number of carboxylic acids is 1. The Morgan fingerprint density at radius 1 is 1.24 bits per heavy atom. The highest BCUT2D eigenvalue weighted by molar-refractivity contribution is 5.72. The van der Waals surface area contributed by atoms with Gasteiger partial charge in [-0.2, -0.15) is 0 Å². The predicted molar refractivity (Wildman–Crippen MR) is 124 cm³/mol. The molecule has 186 valence electrons. The summed E-state index contributed by atoms with van der Waals surface area (Å²) in [5.41, 5.74) is 1.19. The van der Waals surface area contributed by atoms with Crippen molar-refractivity contribution >= 4 is 17.9 Å². The Labute approximate surface area is 197 Å². The number of allylic oxidation sites excluding steroid dienone is 3. The van der Waals surface area contributed by atoms with Gasteiger partial charge in [0.1, 0.15) is 12.2 Å². The van der Waals surface area contributed by atoms with E-state index in [-0.39, 0.29) is 48.6 Å². The Kier molecular flexibility index (Phi) is 10.1. The van der Waals surface area contributed by atoms with Gasteiger partial charge >= 0.3 is 17.9 Å². The maximum atomic E-state index is 12.6. The highest BCUT2D eigenvalue weighted by atomic mass is 16.5. The van der Waals surface area contributed by atoms with Crippen LogP contribution in [0.25, 0.3) is 0 Å². The minimum absolute atomic E-state index is 0.0659. The van der Waals surface area contributed by atoms with Crippen LogP contribution in [0.1, 0.15) is 73.1 Å². The van der Waals surface area contributed by atoms with Crippen molar-refractivity contribution in [3.8, 4) is 0 Å². The van der Waals surface area contributed by atoms with Gasteiger partial charge in [-0.15, -0.1) is 0 Å². The number of aliphatic carboxylic acids is 1. The number of carboxylic acid groups (broad SMARTS) is 1. The summed E-state index contributed by atoms with van der Waals surface area (Å²) in [5.74, 6) is -1.05. The number of hydrogen-bond acceptors (Lipinski definition) is 6. The van der Waals surface area contributed by atoms with Crippen LogP contribution >= 0.6 is 0 Å². The fourth-order valence-electron chi connectivity index (χ4n) is 5.08. The SMILES string of the molecule is CC[C@H](C)C(=O)O[C@H]1C[C@H](C)C=C2C=C[C@@H](C)[C@@H](CC[C@@H](C[C@H](O)CC(=O)O)OC(C)=O)[C@@H]21. The third-order valence-electron chi connectivity index (χ3n) is 6.98. The summed E-state index contributed by atoms with van der Waals surface area (Å²) in [5, 5.41) is 19.0. The molecule has 0 aliphatic heterocycles. The van der Waals surface area contributed by atoms with Crippen LogP contribution in [0.15, 0.2) is 23.8 Å². The van der Waals surface area contributed by atoms with Gasteiger partial charge in [0.2, 0.25) is 0 Å². The Morgan fingerprint density at radius 3 is 2.55 bits per heavy atom. The molecular formula is C26H40O7. The Morgan fingerprint density at radius 2 is 1.94 bits per heavy atom. The summed E-state index contributed by atoms with van der Waals surface area (Å²) in [6.45, 7) is 9.45. The number of carbonyl (C=O) groups excluding carboxylic acids is 2. The quantitative estimate of drug-likeness (QED) is 0.439. The summed E-state index contributed by atoms with van der Waals surface area (Å²) in [6, 6.07) is 0. The molecule has 2 aliphatic rings. The number of carbonyl (C=O) groups is 3. The van der Waals surface area contributed by atoms with Gasteiger partial charge in [-0.1, -0.05) is 45.9 Å². The van der Waals surface area contributed by atoms with E-state index in [9.17, 15) is 19.5 Å². The lowest BCUT2D eigenvalue weighted by Crippen LogP contribution is -2.42. The normalized spacial score (nSPS) is 29.3. The van der Waals surface area contributed by atoms with Crippen LogP contribution in [0.5, 0.6) is 0 Å². The average molecular weight is 465 g/mol. The highest BCUT2D eigenvalue weighted by Crippen LogP contribution is 2.45. The second-order valence-electron chi connectivity index (χ2n) is 9.87. The number of rotatable bonds is 11. The average Bonchev–Trinajstić information content (AvgIpc) is 2.71. The molecule has 7 heteroatoms. The third kappa shape index (κ3) is 7.98. The lowest BCUT2D eigenvalue weighted by atomic mass is 9.65. The van der Waals surface area contributed by atoms with E-state index in [0.29, 0.717) is 18.8 Å². The first-order valence-corrected chi connectivity index (χ1v) is 12.2. The molecule has 0 heterocycles. The maximum Gasteiger partial charge on any atom is 0.308 e. The molecule has 8 atom stereocenters. The second kappa shape index (κ2) is 12.4. The van der Waals surface area contributed by atoms with E-state index in [4.69, 9.17) is 14.6 Å². The molecule has 0 aromatic carbocycles. The zero-order valence-corrected chi connectivity index (χ0v) is 20.5. The molecule has 2 rings (SSSR count). The second-order valence-corrected chi connectivity index (χ2v) is 9.87. The molecule has 0 unspecified atom stereocenters. The van der Waals surface area contributed by atoms with Gasteiger partial charge in [-0.05, 0) is 49.0 Å². The van der Waals surface area contributed by atoms with Crippen molar-refractivity contribution in [1.82, 2.24) is 0 Å². The first kappa shape index (κ1) is 27.1. The molecule has 33 heavy (non-hydrogen) atoms. The van der Waals surface area contributed by atoms with Crippen LogP contribution in [0.2, 0.25) is 0 Å². The zero-order chi connectivity index (χ0) is 24.7. The molecule has 0 amide bonds. The smallest absolute Gasteiger partial charge is 0.308 e. The van der Waals surface area contributed by atoms with Crippen LogP contribution in [0, 0.1) is 29.6 Å². The third-order valence-corrected chi connectivity index (χ3v) is 6.98. The molecule has 2 aliphatic carbocycles.